The molecule has 0 saturated carbocycles. The molecule has 2 aliphatic heterocycles. The average molecular weight is 157 g/mol. The summed E-state index contributed by atoms with van der Waals surface area (Å²) in [6.45, 7) is 0.759. The number of ether oxygens (including phenoxy) is 2. The third-order valence-corrected chi connectivity index (χ3v) is 2.60. The molecule has 0 aromatic carbocycles. The van der Waals surface area contributed by atoms with Crippen LogP contribution < -0.4 is 5.73 Å². The summed E-state index contributed by atoms with van der Waals surface area (Å²) in [7, 11) is 1.89. The third kappa shape index (κ3) is 0.795. The summed E-state index contributed by atoms with van der Waals surface area (Å²) in [6.07, 6.45) is -0.707. The minimum absolute atomic E-state index is 0.0256. The summed E-state index contributed by atoms with van der Waals surface area (Å²) < 4.78 is 10.8. The zero-order chi connectivity index (χ0) is 8.06. The molecule has 4 atom stereocenters. The van der Waals surface area contributed by atoms with Gasteiger partial charge in [-0.1, -0.05) is 0 Å². The van der Waals surface area contributed by atoms with Crippen molar-refractivity contribution < 1.29 is 14.6 Å². The van der Waals surface area contributed by atoms with E-state index in [0.29, 0.717) is 13.2 Å². The fourth-order valence-electron chi connectivity index (χ4n) is 1.87. The molecule has 0 amide bonds. The van der Waals surface area contributed by atoms with Crippen LogP contribution >= 0.6 is 0 Å². The zero-order valence-electron chi connectivity index (χ0n) is 6.49. The molecule has 2 aliphatic rings. The summed E-state index contributed by atoms with van der Waals surface area (Å²) in [5.41, 5.74) is 4.89. The number of aliphatic hydroxyl groups excluding tert-OH is 1. The minimum atomic E-state index is -0.607. The molecule has 2 bridgehead atoms. The van der Waals surface area contributed by atoms with Gasteiger partial charge in [0.25, 0.3) is 0 Å². The van der Waals surface area contributed by atoms with Gasteiger partial charge in [-0.05, 0) is 0 Å². The Hall–Kier alpha value is -0.0951. The van der Waals surface area contributed by atoms with Crippen LogP contribution in [0.1, 0.15) is 0 Å². The van der Waals surface area contributed by atoms with E-state index in [1.165, 1.54) is 0 Å². The van der Waals surface area contributed by atoms with Crippen molar-refractivity contribution in [2.24, 2.45) is 5.73 Å². The first kappa shape index (κ1) is 7.55. The number of fused-ring (bicyclic) bond motifs is 2. The second-order valence-corrected chi connectivity index (χ2v) is 3.31. The van der Waals surface area contributed by atoms with E-state index in [9.17, 15) is 5.11 Å². The highest BCUT2D eigenvalue weighted by molar-refractivity contribution is 6.11. The maximum absolute atomic E-state index is 9.62. The highest BCUT2D eigenvalue weighted by Crippen LogP contribution is 2.37. The van der Waals surface area contributed by atoms with E-state index in [0.717, 1.165) is 0 Å². The smallest absolute Gasteiger partial charge is 0.142 e. The Balaban J connectivity index is 2.24. The highest BCUT2D eigenvalue weighted by atomic mass is 16.6. The predicted octanol–water partition coefficient (Wildman–Crippen LogP) is -2.57. The van der Waals surface area contributed by atoms with Crippen molar-refractivity contribution in [2.75, 3.05) is 13.2 Å². The van der Waals surface area contributed by atoms with Crippen LogP contribution in [-0.4, -0.2) is 49.9 Å². The summed E-state index contributed by atoms with van der Waals surface area (Å²) >= 11 is 0. The van der Waals surface area contributed by atoms with Gasteiger partial charge in [0, 0.05) is 6.54 Å². The monoisotopic (exact) mass is 157 g/mol. The molecule has 3 N–H and O–H groups in total. The highest BCUT2D eigenvalue weighted by Gasteiger charge is 2.58. The van der Waals surface area contributed by atoms with Crippen LogP contribution in [0, 0.1) is 0 Å². The lowest BCUT2D eigenvalue weighted by molar-refractivity contribution is -0.112. The van der Waals surface area contributed by atoms with Gasteiger partial charge in [0.1, 0.15) is 25.7 Å². The fraction of sp³-hybridized carbons (Fsp3) is 1.00. The van der Waals surface area contributed by atoms with Crippen LogP contribution in [0.3, 0.4) is 0 Å². The van der Waals surface area contributed by atoms with Crippen LogP contribution in [0.15, 0.2) is 0 Å². The number of nitrogens with two attached hydrogens (primary N) is 1. The van der Waals surface area contributed by atoms with Crippen LogP contribution in [0.4, 0.5) is 0 Å². The summed E-state index contributed by atoms with van der Waals surface area (Å²) in [4.78, 5) is 0. The van der Waals surface area contributed by atoms with Crippen molar-refractivity contribution in [2.45, 2.75) is 23.8 Å². The molecule has 62 valence electrons. The maximum Gasteiger partial charge on any atom is 0.142 e. The molecule has 2 heterocycles. The van der Waals surface area contributed by atoms with Crippen molar-refractivity contribution in [1.82, 2.24) is 0 Å². The van der Waals surface area contributed by atoms with E-state index >= 15 is 0 Å². The molecule has 4 nitrogen and oxygen atoms in total. The number of aliphatic hydroxyl groups is 1. The Bertz CT molecular complexity index is 179. The molecular weight excluding hydrogens is 145 g/mol. The van der Waals surface area contributed by atoms with Gasteiger partial charge in [-0.25, -0.2) is 0 Å². The van der Waals surface area contributed by atoms with E-state index in [-0.39, 0.29) is 12.1 Å². The van der Waals surface area contributed by atoms with Gasteiger partial charge < -0.3 is 20.3 Å². The standard InChI is InChI=1S/C6H12BNO3/c7-5-3-4(9)6(1-8,11-5)2-10-3/h3-5,9H,1-2,7-8H2/t3-,4?,5+,6+/m0/s1. The predicted molar refractivity (Wildman–Crippen MR) is 40.9 cm³/mol. The van der Waals surface area contributed by atoms with Crippen molar-refractivity contribution in [1.29, 1.82) is 0 Å². The molecule has 1 unspecified atom stereocenters. The van der Waals surface area contributed by atoms with Crippen LogP contribution in [-0.2, 0) is 9.47 Å². The summed E-state index contributed by atoms with van der Waals surface area (Å²) in [5.74, 6) is 0. The molecule has 0 aromatic rings. The lowest BCUT2D eigenvalue weighted by Gasteiger charge is -2.27. The zero-order valence-corrected chi connectivity index (χ0v) is 6.49. The first-order valence-corrected chi connectivity index (χ1v) is 3.87. The van der Waals surface area contributed by atoms with E-state index in [1.54, 1.807) is 0 Å². The van der Waals surface area contributed by atoms with E-state index in [1.807, 2.05) is 7.85 Å². The minimum Gasteiger partial charge on any atom is -0.387 e. The van der Waals surface area contributed by atoms with Crippen molar-refractivity contribution in [3.05, 3.63) is 0 Å². The second-order valence-electron chi connectivity index (χ2n) is 3.31. The molecule has 0 aromatic heterocycles. The van der Waals surface area contributed by atoms with Gasteiger partial charge in [-0.2, -0.15) is 0 Å². The molecule has 0 aliphatic carbocycles. The molecule has 0 spiro atoms. The Kier molecular flexibility index (Phi) is 1.51. The number of hydrogen-bond acceptors (Lipinski definition) is 4. The van der Waals surface area contributed by atoms with Gasteiger partial charge >= 0.3 is 0 Å². The second kappa shape index (κ2) is 2.20. The van der Waals surface area contributed by atoms with E-state index < -0.39 is 11.7 Å². The van der Waals surface area contributed by atoms with Crippen LogP contribution in [0.2, 0.25) is 0 Å². The lowest BCUT2D eigenvalue weighted by Crippen LogP contribution is -2.47. The largest absolute Gasteiger partial charge is 0.387 e. The maximum atomic E-state index is 9.62. The lowest BCUT2D eigenvalue weighted by atomic mass is 9.92. The molecule has 2 fully saturated rings. The van der Waals surface area contributed by atoms with Crippen molar-refractivity contribution in [3.8, 4) is 0 Å². The Morgan fingerprint density at radius 3 is 2.73 bits per heavy atom. The topological polar surface area (TPSA) is 64.7 Å². The van der Waals surface area contributed by atoms with Crippen LogP contribution in [0.25, 0.3) is 0 Å². The molecular formula is C6H12BNO3. The van der Waals surface area contributed by atoms with Crippen molar-refractivity contribution >= 4 is 7.85 Å². The Morgan fingerprint density at radius 1 is 1.73 bits per heavy atom. The Morgan fingerprint density at radius 2 is 2.45 bits per heavy atom. The van der Waals surface area contributed by atoms with Gasteiger partial charge in [-0.15, -0.1) is 0 Å². The van der Waals surface area contributed by atoms with Gasteiger partial charge in [0.05, 0.1) is 12.6 Å². The molecule has 0 radical (unpaired) electrons. The third-order valence-electron chi connectivity index (χ3n) is 2.60. The fourth-order valence-corrected chi connectivity index (χ4v) is 1.87. The Labute approximate surface area is 66.1 Å². The average Bonchev–Trinajstić information content (AvgIpc) is 2.42. The van der Waals surface area contributed by atoms with E-state index in [2.05, 4.69) is 0 Å². The number of hydrogen-bond donors (Lipinski definition) is 2. The molecule has 2 saturated heterocycles. The summed E-state index contributed by atoms with van der Waals surface area (Å²) in [5, 5.41) is 9.62. The summed E-state index contributed by atoms with van der Waals surface area (Å²) in [6, 6.07) is -0.0256. The van der Waals surface area contributed by atoms with Gasteiger partial charge in [-0.3, -0.25) is 0 Å². The quantitative estimate of drug-likeness (QED) is 0.410. The molecule has 5 heteroatoms. The number of rotatable bonds is 1. The van der Waals surface area contributed by atoms with Gasteiger partial charge in [0.2, 0.25) is 0 Å². The molecule has 2 rings (SSSR count). The molecule has 11 heavy (non-hydrogen) atoms. The normalized spacial score (nSPS) is 55.3. The van der Waals surface area contributed by atoms with E-state index in [4.69, 9.17) is 15.2 Å². The van der Waals surface area contributed by atoms with Gasteiger partial charge in [0.15, 0.2) is 0 Å². The first-order chi connectivity index (χ1) is 5.19. The SMILES string of the molecule is B[C@@H]1O[C@]2(CN)CO[C@H]1C2O. The van der Waals surface area contributed by atoms with Crippen molar-refractivity contribution in [3.63, 3.8) is 0 Å². The first-order valence-electron chi connectivity index (χ1n) is 3.87. The van der Waals surface area contributed by atoms with Crippen LogP contribution in [0.5, 0.6) is 0 Å².